The Hall–Kier alpha value is -2.67. The van der Waals surface area contributed by atoms with Gasteiger partial charge in [-0.15, -0.1) is 0 Å². The average molecular weight is 335 g/mol. The summed E-state index contributed by atoms with van der Waals surface area (Å²) in [5, 5.41) is 6.72. The van der Waals surface area contributed by atoms with Gasteiger partial charge in [-0.2, -0.15) is 5.10 Å². The SMILES string of the molecule is Cc1nn(C)c(=O)c(C(=O)Nc2ccc(C(N)=O)c(Cl)c2)c1C. The van der Waals surface area contributed by atoms with Gasteiger partial charge in [0.25, 0.3) is 11.5 Å². The van der Waals surface area contributed by atoms with E-state index < -0.39 is 17.4 Å². The Morgan fingerprint density at radius 1 is 1.30 bits per heavy atom. The van der Waals surface area contributed by atoms with E-state index in [4.69, 9.17) is 17.3 Å². The zero-order chi connectivity index (χ0) is 17.3. The van der Waals surface area contributed by atoms with E-state index in [0.717, 1.165) is 4.68 Å². The molecule has 1 aromatic carbocycles. The fourth-order valence-electron chi connectivity index (χ4n) is 2.10. The van der Waals surface area contributed by atoms with Crippen molar-refractivity contribution in [2.45, 2.75) is 13.8 Å². The number of hydrogen-bond donors (Lipinski definition) is 2. The summed E-state index contributed by atoms with van der Waals surface area (Å²) in [5.41, 5.74) is 6.27. The number of nitrogens with two attached hydrogens (primary N) is 1. The van der Waals surface area contributed by atoms with Gasteiger partial charge in [-0.3, -0.25) is 14.4 Å². The molecule has 0 aliphatic rings. The molecule has 0 aliphatic heterocycles. The third-order valence-electron chi connectivity index (χ3n) is 3.44. The van der Waals surface area contributed by atoms with Gasteiger partial charge in [0.1, 0.15) is 5.56 Å². The Morgan fingerprint density at radius 3 is 2.52 bits per heavy atom. The molecule has 2 amide bonds. The molecule has 0 saturated heterocycles. The van der Waals surface area contributed by atoms with Crippen molar-refractivity contribution in [3.63, 3.8) is 0 Å². The Balaban J connectivity index is 2.39. The number of amides is 2. The van der Waals surface area contributed by atoms with Crippen molar-refractivity contribution in [2.24, 2.45) is 12.8 Å². The maximum Gasteiger partial charge on any atom is 0.279 e. The maximum absolute atomic E-state index is 12.4. The van der Waals surface area contributed by atoms with Crippen molar-refractivity contribution in [2.75, 3.05) is 5.32 Å². The highest BCUT2D eigenvalue weighted by Gasteiger charge is 2.18. The van der Waals surface area contributed by atoms with Gasteiger partial charge < -0.3 is 11.1 Å². The highest BCUT2D eigenvalue weighted by atomic mass is 35.5. The van der Waals surface area contributed by atoms with E-state index >= 15 is 0 Å². The minimum Gasteiger partial charge on any atom is -0.366 e. The smallest absolute Gasteiger partial charge is 0.279 e. The molecule has 0 spiro atoms. The molecule has 23 heavy (non-hydrogen) atoms. The van der Waals surface area contributed by atoms with Crippen LogP contribution in [0.5, 0.6) is 0 Å². The van der Waals surface area contributed by atoms with Crippen LogP contribution in [0.3, 0.4) is 0 Å². The van der Waals surface area contributed by atoms with Gasteiger partial charge in [0, 0.05) is 12.7 Å². The van der Waals surface area contributed by atoms with Crippen molar-refractivity contribution in [1.82, 2.24) is 9.78 Å². The van der Waals surface area contributed by atoms with Gasteiger partial charge >= 0.3 is 0 Å². The third-order valence-corrected chi connectivity index (χ3v) is 3.76. The molecule has 0 unspecified atom stereocenters. The van der Waals surface area contributed by atoms with Crippen LogP contribution in [0.4, 0.5) is 5.69 Å². The van der Waals surface area contributed by atoms with E-state index in [0.29, 0.717) is 16.9 Å². The van der Waals surface area contributed by atoms with Crippen molar-refractivity contribution in [3.8, 4) is 0 Å². The largest absolute Gasteiger partial charge is 0.366 e. The summed E-state index contributed by atoms with van der Waals surface area (Å²) in [7, 11) is 1.48. The number of aromatic nitrogens is 2. The van der Waals surface area contributed by atoms with Crippen LogP contribution in [0.1, 0.15) is 32.0 Å². The first-order valence-corrected chi connectivity index (χ1v) is 7.05. The van der Waals surface area contributed by atoms with Crippen LogP contribution in [0, 0.1) is 13.8 Å². The van der Waals surface area contributed by atoms with Crippen molar-refractivity contribution in [3.05, 3.63) is 56.0 Å². The Labute approximate surface area is 137 Å². The van der Waals surface area contributed by atoms with E-state index in [1.165, 1.54) is 25.2 Å². The zero-order valence-electron chi connectivity index (χ0n) is 12.8. The molecule has 0 bridgehead atoms. The van der Waals surface area contributed by atoms with Crippen LogP contribution in [0.2, 0.25) is 5.02 Å². The molecule has 0 fully saturated rings. The Kier molecular flexibility index (Phi) is 4.51. The van der Waals surface area contributed by atoms with Crippen LogP contribution in [0.15, 0.2) is 23.0 Å². The molecule has 2 aromatic rings. The maximum atomic E-state index is 12.4. The second-order valence-corrected chi connectivity index (χ2v) is 5.43. The summed E-state index contributed by atoms with van der Waals surface area (Å²) in [5.74, 6) is -1.24. The summed E-state index contributed by atoms with van der Waals surface area (Å²) < 4.78 is 1.11. The van der Waals surface area contributed by atoms with Crippen molar-refractivity contribution < 1.29 is 9.59 Å². The van der Waals surface area contributed by atoms with Gasteiger partial charge in [0.15, 0.2) is 0 Å². The van der Waals surface area contributed by atoms with E-state index in [-0.39, 0.29) is 16.1 Å². The van der Waals surface area contributed by atoms with E-state index in [9.17, 15) is 14.4 Å². The summed E-state index contributed by atoms with van der Waals surface area (Å²) in [6.07, 6.45) is 0. The molecule has 0 radical (unpaired) electrons. The Morgan fingerprint density at radius 2 is 1.96 bits per heavy atom. The van der Waals surface area contributed by atoms with Crippen molar-refractivity contribution in [1.29, 1.82) is 0 Å². The molecular weight excluding hydrogens is 320 g/mol. The third kappa shape index (κ3) is 3.24. The van der Waals surface area contributed by atoms with Gasteiger partial charge in [0.05, 0.1) is 16.3 Å². The van der Waals surface area contributed by atoms with Crippen molar-refractivity contribution >= 4 is 29.1 Å². The summed E-state index contributed by atoms with van der Waals surface area (Å²) >= 11 is 5.94. The molecule has 3 N–H and O–H groups in total. The average Bonchev–Trinajstić information content (AvgIpc) is 2.45. The van der Waals surface area contributed by atoms with Crippen LogP contribution in [-0.2, 0) is 7.05 Å². The predicted octanol–water partition coefficient (Wildman–Crippen LogP) is 1.40. The zero-order valence-corrected chi connectivity index (χ0v) is 13.6. The highest BCUT2D eigenvalue weighted by Crippen LogP contribution is 2.21. The lowest BCUT2D eigenvalue weighted by molar-refractivity contribution is 0.0998. The van der Waals surface area contributed by atoms with Crippen LogP contribution < -0.4 is 16.6 Å². The minimum absolute atomic E-state index is 0.00935. The number of aryl methyl sites for hydroxylation is 2. The molecular formula is C15H15ClN4O3. The second kappa shape index (κ2) is 6.21. The number of rotatable bonds is 3. The second-order valence-electron chi connectivity index (χ2n) is 5.03. The van der Waals surface area contributed by atoms with Gasteiger partial charge in [-0.05, 0) is 37.6 Å². The monoisotopic (exact) mass is 334 g/mol. The normalized spacial score (nSPS) is 10.4. The first kappa shape index (κ1) is 16.7. The van der Waals surface area contributed by atoms with Gasteiger partial charge in [-0.1, -0.05) is 11.6 Å². The van der Waals surface area contributed by atoms with Crippen LogP contribution in [0.25, 0.3) is 0 Å². The number of hydrogen-bond acceptors (Lipinski definition) is 4. The molecule has 1 heterocycles. The number of anilines is 1. The van der Waals surface area contributed by atoms with Crippen LogP contribution >= 0.6 is 11.6 Å². The number of nitrogens with zero attached hydrogens (tertiary/aromatic N) is 2. The first-order chi connectivity index (χ1) is 10.7. The number of carbonyl (C=O) groups excluding carboxylic acids is 2. The summed E-state index contributed by atoms with van der Waals surface area (Å²) in [6, 6.07) is 4.29. The minimum atomic E-state index is -0.664. The topological polar surface area (TPSA) is 107 Å². The number of carbonyl (C=O) groups is 2. The van der Waals surface area contributed by atoms with Gasteiger partial charge in [-0.25, -0.2) is 4.68 Å². The number of primary amides is 1. The molecule has 1 aromatic heterocycles. The number of benzene rings is 1. The lowest BCUT2D eigenvalue weighted by Crippen LogP contribution is -2.31. The molecule has 8 heteroatoms. The molecule has 0 aliphatic carbocycles. The lowest BCUT2D eigenvalue weighted by atomic mass is 10.1. The van der Waals surface area contributed by atoms with E-state index in [1.54, 1.807) is 13.8 Å². The highest BCUT2D eigenvalue weighted by molar-refractivity contribution is 6.34. The number of nitrogens with one attached hydrogen (secondary N) is 1. The predicted molar refractivity (Wildman–Crippen MR) is 86.9 cm³/mol. The fraction of sp³-hybridized carbons (Fsp3) is 0.200. The standard InChI is InChI=1S/C15H15ClN4O3/c1-7-8(2)19-20(3)15(23)12(7)14(22)18-9-4-5-10(13(17)21)11(16)6-9/h4-6H,1-3H3,(H2,17,21)(H,18,22). The van der Waals surface area contributed by atoms with E-state index in [1.807, 2.05) is 0 Å². The van der Waals surface area contributed by atoms with Crippen LogP contribution in [-0.4, -0.2) is 21.6 Å². The molecule has 120 valence electrons. The quantitative estimate of drug-likeness (QED) is 0.884. The molecule has 7 nitrogen and oxygen atoms in total. The number of halogens is 1. The first-order valence-electron chi connectivity index (χ1n) is 6.67. The van der Waals surface area contributed by atoms with Gasteiger partial charge in [0.2, 0.25) is 5.91 Å². The molecule has 0 saturated carbocycles. The molecule has 0 atom stereocenters. The summed E-state index contributed by atoms with van der Waals surface area (Å²) in [4.78, 5) is 35.7. The lowest BCUT2D eigenvalue weighted by Gasteiger charge is -2.11. The van der Waals surface area contributed by atoms with E-state index in [2.05, 4.69) is 10.4 Å². The molecule has 2 rings (SSSR count). The Bertz CT molecular complexity index is 874. The fourth-order valence-corrected chi connectivity index (χ4v) is 2.38. The summed E-state index contributed by atoms with van der Waals surface area (Å²) in [6.45, 7) is 3.37.